The van der Waals surface area contributed by atoms with Crippen molar-refractivity contribution in [3.8, 4) is 5.75 Å². The lowest BCUT2D eigenvalue weighted by Crippen LogP contribution is -2.32. The number of hydrogen-bond acceptors (Lipinski definition) is 3. The van der Waals surface area contributed by atoms with E-state index < -0.39 is 17.5 Å². The van der Waals surface area contributed by atoms with Gasteiger partial charge >= 0.3 is 6.18 Å². The molecule has 5 rings (SSSR count). The van der Waals surface area contributed by atoms with Crippen molar-refractivity contribution in [2.24, 2.45) is 0 Å². The zero-order chi connectivity index (χ0) is 21.8. The maximum absolute atomic E-state index is 13.9. The van der Waals surface area contributed by atoms with Gasteiger partial charge < -0.3 is 9.64 Å². The van der Waals surface area contributed by atoms with Crippen LogP contribution in [0.2, 0.25) is 5.02 Å². The third-order valence-corrected chi connectivity index (χ3v) is 5.69. The summed E-state index contributed by atoms with van der Waals surface area (Å²) in [6.45, 7) is 0.331. The Labute approximate surface area is 181 Å². The molecule has 0 aromatic heterocycles. The Morgan fingerprint density at radius 3 is 2.48 bits per heavy atom. The Balaban J connectivity index is 1.77. The van der Waals surface area contributed by atoms with E-state index in [4.69, 9.17) is 16.3 Å². The third-order valence-electron chi connectivity index (χ3n) is 5.44. The number of nitrogens with zero attached hydrogens (tertiary/aromatic N) is 1. The number of hydrogen-bond donors (Lipinski definition) is 0. The van der Waals surface area contributed by atoms with Gasteiger partial charge in [0, 0.05) is 21.8 Å². The highest BCUT2D eigenvalue weighted by Gasteiger charge is 2.42. The average Bonchev–Trinajstić information content (AvgIpc) is 2.90. The topological polar surface area (TPSA) is 29.5 Å². The maximum atomic E-state index is 13.9. The normalized spacial score (nSPS) is 16.5. The Morgan fingerprint density at radius 2 is 1.74 bits per heavy atom. The molecule has 0 radical (unpaired) electrons. The molecular formula is C24H15ClF3NO2. The summed E-state index contributed by atoms with van der Waals surface area (Å²) < 4.78 is 47.4. The molecule has 0 spiro atoms. The van der Waals surface area contributed by atoms with Crippen LogP contribution in [-0.4, -0.2) is 12.3 Å². The van der Waals surface area contributed by atoms with E-state index in [1.54, 1.807) is 35.2 Å². The molecule has 0 atom stereocenters. The highest BCUT2D eigenvalue weighted by atomic mass is 35.5. The number of Topliss-reactive ketones (excluding diaryl/α,β-unsaturated/α-hetero) is 1. The van der Waals surface area contributed by atoms with Crippen LogP contribution in [0.25, 0.3) is 6.08 Å². The van der Waals surface area contributed by atoms with E-state index in [9.17, 15) is 18.0 Å². The molecular weight excluding hydrogens is 427 g/mol. The number of carbonyl (C=O) groups excluding carboxylic acids is 1. The standard InChI is InChI=1S/C24H15ClF3NO2/c25-17-7-5-14(6-8-17)11-16-12-29-19-4-2-1-3-15(19)13-31-20-10-9-18(24(26,27)28)21(22(20)29)23(16)30/h1-11H,12-13H2/b16-11+. The van der Waals surface area contributed by atoms with Crippen molar-refractivity contribution in [3.05, 3.63) is 93.5 Å². The summed E-state index contributed by atoms with van der Waals surface area (Å²) in [6.07, 6.45) is -3.07. The minimum atomic E-state index is -4.68. The second-order valence-corrected chi connectivity index (χ2v) is 7.82. The smallest absolute Gasteiger partial charge is 0.417 e. The van der Waals surface area contributed by atoms with Crippen molar-refractivity contribution in [1.29, 1.82) is 0 Å². The monoisotopic (exact) mass is 441 g/mol. The van der Waals surface area contributed by atoms with Gasteiger partial charge in [0.15, 0.2) is 5.78 Å². The maximum Gasteiger partial charge on any atom is 0.417 e. The van der Waals surface area contributed by atoms with Crippen LogP contribution in [0, 0.1) is 0 Å². The second-order valence-electron chi connectivity index (χ2n) is 7.39. The molecule has 0 amide bonds. The molecule has 2 aliphatic rings. The van der Waals surface area contributed by atoms with Crippen molar-refractivity contribution in [2.75, 3.05) is 11.4 Å². The van der Waals surface area contributed by atoms with Gasteiger partial charge in [-0.05, 0) is 42.0 Å². The summed E-state index contributed by atoms with van der Waals surface area (Å²) in [5.41, 5.74) is 1.31. The summed E-state index contributed by atoms with van der Waals surface area (Å²) >= 11 is 5.93. The van der Waals surface area contributed by atoms with Gasteiger partial charge in [-0.3, -0.25) is 4.79 Å². The highest BCUT2D eigenvalue weighted by molar-refractivity contribution is 6.30. The first-order valence-corrected chi connectivity index (χ1v) is 9.94. The first-order chi connectivity index (χ1) is 14.8. The van der Waals surface area contributed by atoms with Crippen molar-refractivity contribution < 1.29 is 22.7 Å². The van der Waals surface area contributed by atoms with E-state index in [-0.39, 0.29) is 35.7 Å². The molecule has 0 saturated carbocycles. The lowest BCUT2D eigenvalue weighted by molar-refractivity contribution is -0.137. The number of rotatable bonds is 1. The minimum Gasteiger partial charge on any atom is -0.487 e. The molecule has 0 aliphatic carbocycles. The van der Waals surface area contributed by atoms with E-state index in [0.717, 1.165) is 17.3 Å². The number of carbonyl (C=O) groups is 1. The SMILES string of the molecule is O=C1/C(=C/c2ccc(Cl)cc2)CN2c3ccccc3COc3ccc(C(F)(F)F)c1c32. The molecule has 2 aliphatic heterocycles. The molecule has 3 aromatic carbocycles. The van der Waals surface area contributed by atoms with Crippen LogP contribution < -0.4 is 9.64 Å². The highest BCUT2D eigenvalue weighted by Crippen LogP contribution is 2.49. The van der Waals surface area contributed by atoms with Crippen molar-refractivity contribution in [1.82, 2.24) is 0 Å². The average molecular weight is 442 g/mol. The quantitative estimate of drug-likeness (QED) is 0.395. The second kappa shape index (κ2) is 7.17. The Hall–Kier alpha value is -3.25. The van der Waals surface area contributed by atoms with Crippen LogP contribution in [0.1, 0.15) is 27.0 Å². The fourth-order valence-electron chi connectivity index (χ4n) is 4.03. The van der Waals surface area contributed by atoms with Gasteiger partial charge in [-0.1, -0.05) is 41.9 Å². The summed E-state index contributed by atoms with van der Waals surface area (Å²) in [5, 5.41) is 0.532. The van der Waals surface area contributed by atoms with E-state index in [2.05, 4.69) is 0 Å². The van der Waals surface area contributed by atoms with Crippen molar-refractivity contribution >= 4 is 34.8 Å². The zero-order valence-corrected chi connectivity index (χ0v) is 16.8. The molecule has 0 N–H and O–H groups in total. The molecule has 156 valence electrons. The molecule has 7 heteroatoms. The molecule has 0 bridgehead atoms. The van der Waals surface area contributed by atoms with Crippen molar-refractivity contribution in [3.63, 3.8) is 0 Å². The Kier molecular flexibility index (Phi) is 4.55. The summed E-state index contributed by atoms with van der Waals surface area (Å²) in [6, 6.07) is 16.4. The van der Waals surface area contributed by atoms with E-state index >= 15 is 0 Å². The van der Waals surface area contributed by atoms with Gasteiger partial charge in [-0.2, -0.15) is 13.2 Å². The van der Waals surface area contributed by atoms with Crippen LogP contribution >= 0.6 is 11.6 Å². The van der Waals surface area contributed by atoms with Gasteiger partial charge in [-0.25, -0.2) is 0 Å². The van der Waals surface area contributed by atoms with Gasteiger partial charge in [0.25, 0.3) is 0 Å². The molecule has 3 aromatic rings. The largest absolute Gasteiger partial charge is 0.487 e. The summed E-state index contributed by atoms with van der Waals surface area (Å²) in [5.74, 6) is -0.392. The first-order valence-electron chi connectivity index (χ1n) is 9.56. The molecule has 3 nitrogen and oxygen atoms in total. The predicted octanol–water partition coefficient (Wildman–Crippen LogP) is 6.67. The first kappa shape index (κ1) is 19.7. The Bertz CT molecular complexity index is 1230. The van der Waals surface area contributed by atoms with Crippen LogP contribution in [0.3, 0.4) is 0 Å². The number of ketones is 1. The number of fused-ring (bicyclic) bond motifs is 2. The molecule has 0 fully saturated rings. The fraction of sp³-hybridized carbons (Fsp3) is 0.125. The number of benzene rings is 3. The third kappa shape index (κ3) is 3.37. The van der Waals surface area contributed by atoms with E-state index in [0.29, 0.717) is 10.6 Å². The molecule has 31 heavy (non-hydrogen) atoms. The van der Waals surface area contributed by atoms with Gasteiger partial charge in [0.1, 0.15) is 12.4 Å². The fourth-order valence-corrected chi connectivity index (χ4v) is 4.16. The van der Waals surface area contributed by atoms with E-state index in [1.165, 1.54) is 6.07 Å². The molecule has 0 saturated heterocycles. The number of ether oxygens (including phenoxy) is 1. The van der Waals surface area contributed by atoms with E-state index in [1.807, 2.05) is 24.3 Å². The van der Waals surface area contributed by atoms with Gasteiger partial charge in [0.2, 0.25) is 0 Å². The number of anilines is 2. The Morgan fingerprint density at radius 1 is 1.00 bits per heavy atom. The lowest BCUT2D eigenvalue weighted by Gasteiger charge is -2.33. The van der Waals surface area contributed by atoms with Gasteiger partial charge in [0.05, 0.1) is 23.4 Å². The summed E-state index contributed by atoms with van der Waals surface area (Å²) in [7, 11) is 0. The van der Waals surface area contributed by atoms with Crippen molar-refractivity contribution in [2.45, 2.75) is 12.8 Å². The zero-order valence-electron chi connectivity index (χ0n) is 16.0. The van der Waals surface area contributed by atoms with Crippen LogP contribution in [-0.2, 0) is 12.8 Å². The molecule has 0 unspecified atom stereocenters. The minimum absolute atomic E-state index is 0.128. The van der Waals surface area contributed by atoms with Crippen LogP contribution in [0.15, 0.2) is 66.2 Å². The number of alkyl halides is 3. The predicted molar refractivity (Wildman–Crippen MR) is 113 cm³/mol. The number of para-hydroxylation sites is 1. The lowest BCUT2D eigenvalue weighted by atomic mass is 9.89. The van der Waals surface area contributed by atoms with Crippen LogP contribution in [0.5, 0.6) is 5.75 Å². The van der Waals surface area contributed by atoms with Gasteiger partial charge in [-0.15, -0.1) is 0 Å². The van der Waals surface area contributed by atoms with Crippen LogP contribution in [0.4, 0.5) is 24.5 Å². The number of halogens is 4. The molecule has 2 heterocycles. The summed E-state index contributed by atoms with van der Waals surface area (Å²) in [4.78, 5) is 15.1.